The maximum absolute atomic E-state index is 6.33. The summed E-state index contributed by atoms with van der Waals surface area (Å²) in [5, 5.41) is 2.04. The number of pyridine rings is 3. The summed E-state index contributed by atoms with van der Waals surface area (Å²) in [6.07, 6.45) is 4.42. The molecule has 4 aromatic carbocycles. The van der Waals surface area contributed by atoms with Crippen LogP contribution < -0.4 is 0 Å². The van der Waals surface area contributed by atoms with E-state index in [9.17, 15) is 0 Å². The largest absolute Gasteiger partial charge is 0.486 e. The van der Waals surface area contributed by atoms with Crippen molar-refractivity contribution in [3.8, 4) is 33.6 Å². The number of furan rings is 1. The van der Waals surface area contributed by atoms with Crippen LogP contribution in [0.15, 0.2) is 144 Å². The molecule has 5 heteroatoms. The number of rotatable bonds is 5. The first kappa shape index (κ1) is 31.7. The van der Waals surface area contributed by atoms with Gasteiger partial charge in [0.15, 0.2) is 0 Å². The summed E-state index contributed by atoms with van der Waals surface area (Å²) >= 11 is 0. The number of aromatic nitrogens is 3. The fraction of sp³-hybridized carbons (Fsp3) is 0.0714. The van der Waals surface area contributed by atoms with Crippen LogP contribution in [0.25, 0.3) is 55.7 Å². The van der Waals surface area contributed by atoms with Crippen LogP contribution >= 0.6 is 0 Å². The Morgan fingerprint density at radius 1 is 0.638 bits per heavy atom. The average molecular weight is 786 g/mol. The Bertz CT molecular complexity index is 2190. The number of benzene rings is 4. The van der Waals surface area contributed by atoms with Gasteiger partial charge in [0, 0.05) is 50.0 Å². The number of nitrogens with zero attached hydrogens (tertiary/aromatic N) is 3. The van der Waals surface area contributed by atoms with E-state index >= 15 is 0 Å². The molecule has 0 saturated carbocycles. The summed E-state index contributed by atoms with van der Waals surface area (Å²) in [7, 11) is 0. The third-order valence-corrected chi connectivity index (χ3v) is 8.02. The number of hydrogen-bond acceptors (Lipinski definition) is 4. The summed E-state index contributed by atoms with van der Waals surface area (Å²) in [4.78, 5) is 13.7. The first-order chi connectivity index (χ1) is 22.6. The van der Waals surface area contributed by atoms with Crippen LogP contribution in [0.2, 0.25) is 0 Å². The Morgan fingerprint density at radius 2 is 1.43 bits per heavy atom. The topological polar surface area (TPSA) is 51.8 Å². The summed E-state index contributed by atoms with van der Waals surface area (Å²) in [6, 6.07) is 49.3. The summed E-state index contributed by atoms with van der Waals surface area (Å²) < 4.78 is 6.33. The van der Waals surface area contributed by atoms with Crippen LogP contribution in [0.4, 0.5) is 0 Å². The predicted octanol–water partition coefficient (Wildman–Crippen LogP) is 10.3. The maximum atomic E-state index is 6.33. The van der Waals surface area contributed by atoms with Crippen LogP contribution in [0, 0.1) is 26.0 Å². The smallest absolute Gasteiger partial charge is 0.216 e. The quantitative estimate of drug-likeness (QED) is 0.163. The molecule has 0 aliphatic carbocycles. The third kappa shape index (κ3) is 6.97. The second-order valence-electron chi connectivity index (χ2n) is 11.2. The van der Waals surface area contributed by atoms with Gasteiger partial charge in [-0.25, -0.2) is 4.98 Å². The predicted molar refractivity (Wildman–Crippen MR) is 186 cm³/mol. The van der Waals surface area contributed by atoms with E-state index in [-0.39, 0.29) is 20.1 Å². The number of hydrogen-bond donors (Lipinski definition) is 0. The summed E-state index contributed by atoms with van der Waals surface area (Å²) in [5.41, 5.74) is 12.2. The Morgan fingerprint density at radius 3 is 2.19 bits per heavy atom. The van der Waals surface area contributed by atoms with Crippen molar-refractivity contribution >= 4 is 22.1 Å². The third-order valence-electron chi connectivity index (χ3n) is 8.02. The summed E-state index contributed by atoms with van der Waals surface area (Å²) in [5.74, 6) is 0. The Hall–Kier alpha value is -5.22. The molecule has 0 amide bonds. The molecule has 4 nitrogen and oxygen atoms in total. The molecule has 0 saturated heterocycles. The van der Waals surface area contributed by atoms with E-state index in [0.29, 0.717) is 5.71 Å². The zero-order valence-electron chi connectivity index (χ0n) is 26.1. The molecule has 0 bridgehead atoms. The average Bonchev–Trinajstić information content (AvgIpc) is 3.48. The zero-order chi connectivity index (χ0) is 31.3. The van der Waals surface area contributed by atoms with Crippen LogP contribution in [0.3, 0.4) is 0 Å². The molecule has 0 atom stereocenters. The molecule has 0 spiro atoms. The minimum atomic E-state index is 0. The fourth-order valence-electron chi connectivity index (χ4n) is 5.82. The molecule has 8 rings (SSSR count). The van der Waals surface area contributed by atoms with Crippen molar-refractivity contribution in [3.05, 3.63) is 174 Å². The van der Waals surface area contributed by atoms with Gasteiger partial charge in [0.25, 0.3) is 0 Å². The molecule has 0 aliphatic heterocycles. The van der Waals surface area contributed by atoms with Crippen molar-refractivity contribution in [2.45, 2.75) is 20.3 Å². The van der Waals surface area contributed by atoms with Gasteiger partial charge in [0.05, 0.1) is 5.58 Å². The molecule has 0 fully saturated rings. The van der Waals surface area contributed by atoms with Crippen LogP contribution in [0.1, 0.15) is 22.4 Å². The first-order valence-corrected chi connectivity index (χ1v) is 15.3. The Labute approximate surface area is 288 Å². The SMILES string of the molecule is Cc1cccc(C)c1-c1ccnc(-c2[c-]ccc3c2oc2nc(Cc4ccccc4)ccc23)c1.[Ir].[c-]1ccccc1-c1ccccn1. The second-order valence-corrected chi connectivity index (χ2v) is 11.2. The van der Waals surface area contributed by atoms with Gasteiger partial charge in [0.2, 0.25) is 5.71 Å². The first-order valence-electron chi connectivity index (χ1n) is 15.3. The van der Waals surface area contributed by atoms with Gasteiger partial charge in [-0.05, 0) is 77.3 Å². The van der Waals surface area contributed by atoms with Crippen molar-refractivity contribution < 1.29 is 24.5 Å². The molecule has 8 aromatic rings. The van der Waals surface area contributed by atoms with Crippen LogP contribution in [-0.4, -0.2) is 15.0 Å². The maximum Gasteiger partial charge on any atom is 0.216 e. The van der Waals surface area contributed by atoms with Crippen molar-refractivity contribution in [2.75, 3.05) is 0 Å². The number of aryl methyl sites for hydroxylation is 2. The fourth-order valence-corrected chi connectivity index (χ4v) is 5.82. The van der Waals surface area contributed by atoms with E-state index < -0.39 is 0 Å². The minimum absolute atomic E-state index is 0. The molecule has 4 heterocycles. The van der Waals surface area contributed by atoms with E-state index in [1.165, 1.54) is 22.3 Å². The van der Waals surface area contributed by atoms with Crippen molar-refractivity contribution in [2.24, 2.45) is 0 Å². The van der Waals surface area contributed by atoms with E-state index in [0.717, 1.165) is 56.5 Å². The molecule has 47 heavy (non-hydrogen) atoms. The Kier molecular flexibility index (Phi) is 9.77. The van der Waals surface area contributed by atoms with Gasteiger partial charge in [0.1, 0.15) is 0 Å². The van der Waals surface area contributed by atoms with Gasteiger partial charge in [-0.3, -0.25) is 0 Å². The van der Waals surface area contributed by atoms with E-state index in [1.807, 2.05) is 66.9 Å². The van der Waals surface area contributed by atoms with Gasteiger partial charge >= 0.3 is 0 Å². The zero-order valence-corrected chi connectivity index (χ0v) is 28.5. The number of fused-ring (bicyclic) bond motifs is 3. The van der Waals surface area contributed by atoms with E-state index in [4.69, 9.17) is 9.40 Å². The van der Waals surface area contributed by atoms with Gasteiger partial charge in [-0.1, -0.05) is 77.7 Å². The van der Waals surface area contributed by atoms with E-state index in [1.54, 1.807) is 6.20 Å². The standard InChI is InChI=1S/C31H23N2O.C11H8N.Ir/c1-20-8-6-9-21(2)29(20)23-16-17-32-28(19-23)27-13-7-12-25-26-15-14-24(33-31(26)34-30(25)27)18-22-10-4-3-5-11-22;1-2-6-10(7-3-1)11-8-4-5-9-12-11;/h3-12,14-17,19H,18H2,1-2H3;1-6,8-9H;/q2*-1;. The van der Waals surface area contributed by atoms with Crippen molar-refractivity contribution in [3.63, 3.8) is 0 Å². The molecule has 231 valence electrons. The molecule has 0 N–H and O–H groups in total. The minimum Gasteiger partial charge on any atom is -0.486 e. The normalized spacial score (nSPS) is 10.7. The molecule has 0 aliphatic rings. The van der Waals surface area contributed by atoms with Gasteiger partial charge < -0.3 is 14.4 Å². The molecule has 0 unspecified atom stereocenters. The van der Waals surface area contributed by atoms with Gasteiger partial charge in [-0.2, -0.15) is 0 Å². The molecule has 4 aromatic heterocycles. The molecular weight excluding hydrogens is 755 g/mol. The summed E-state index contributed by atoms with van der Waals surface area (Å²) in [6.45, 7) is 4.29. The molecule has 1 radical (unpaired) electrons. The van der Waals surface area contributed by atoms with E-state index in [2.05, 4.69) is 103 Å². The van der Waals surface area contributed by atoms with Crippen LogP contribution in [-0.2, 0) is 26.5 Å². The van der Waals surface area contributed by atoms with Crippen molar-refractivity contribution in [1.29, 1.82) is 0 Å². The van der Waals surface area contributed by atoms with Crippen LogP contribution in [0.5, 0.6) is 0 Å². The Balaban J connectivity index is 0.000000250. The second kappa shape index (κ2) is 14.5. The van der Waals surface area contributed by atoms with Gasteiger partial charge in [-0.15, -0.1) is 54.1 Å². The monoisotopic (exact) mass is 786 g/mol. The van der Waals surface area contributed by atoms with Crippen molar-refractivity contribution in [1.82, 2.24) is 15.0 Å². The molecular formula is C42H31IrN3O-2.